The summed E-state index contributed by atoms with van der Waals surface area (Å²) in [6.07, 6.45) is 4.70. The van der Waals surface area contributed by atoms with Crippen LogP contribution in [-0.4, -0.2) is 41.1 Å². The molecule has 0 bridgehead atoms. The van der Waals surface area contributed by atoms with Gasteiger partial charge in [0.2, 0.25) is 5.95 Å². The average Bonchev–Trinajstić information content (AvgIpc) is 2.75. The molecule has 1 saturated heterocycles. The van der Waals surface area contributed by atoms with Crippen LogP contribution >= 0.6 is 0 Å². The van der Waals surface area contributed by atoms with Gasteiger partial charge in [0.05, 0.1) is 0 Å². The van der Waals surface area contributed by atoms with Gasteiger partial charge in [0, 0.05) is 44.3 Å². The number of aromatic nitrogens is 3. The number of anilines is 4. The Bertz CT molecular complexity index is 857. The van der Waals surface area contributed by atoms with Gasteiger partial charge in [0.25, 0.3) is 0 Å². The normalized spacial score (nSPS) is 14.3. The Morgan fingerprint density at radius 2 is 1.56 bits per heavy atom. The van der Waals surface area contributed by atoms with E-state index in [0.717, 1.165) is 49.9 Å². The van der Waals surface area contributed by atoms with Crippen LogP contribution in [0.15, 0.2) is 60.9 Å². The van der Waals surface area contributed by atoms with Crippen molar-refractivity contribution in [3.63, 3.8) is 0 Å². The molecule has 1 aliphatic heterocycles. The molecule has 1 aliphatic rings. The Morgan fingerprint density at radius 1 is 0.815 bits per heavy atom. The first-order valence-corrected chi connectivity index (χ1v) is 9.42. The highest BCUT2D eigenvalue weighted by atomic mass is 15.3. The van der Waals surface area contributed by atoms with Gasteiger partial charge in [-0.15, -0.1) is 0 Å². The number of aryl methyl sites for hydroxylation is 1. The number of piperazine rings is 1. The summed E-state index contributed by atoms with van der Waals surface area (Å²) in [4.78, 5) is 18.1. The lowest BCUT2D eigenvalue weighted by Crippen LogP contribution is -2.47. The lowest BCUT2D eigenvalue weighted by atomic mass is 10.1. The number of nitrogens with zero attached hydrogens (tertiary/aromatic N) is 5. The van der Waals surface area contributed by atoms with Gasteiger partial charge in [-0.2, -0.15) is 4.98 Å². The largest absolute Gasteiger partial charge is 0.353 e. The Balaban J connectivity index is 1.40. The molecule has 0 atom stereocenters. The molecule has 3 aromatic rings. The highest BCUT2D eigenvalue weighted by Gasteiger charge is 2.19. The SMILES string of the molecule is CCc1ccc(Nc2nccc(N3CCN(c4ccccn4)CC3)n2)cc1. The summed E-state index contributed by atoms with van der Waals surface area (Å²) in [6.45, 7) is 5.85. The molecule has 0 radical (unpaired) electrons. The van der Waals surface area contributed by atoms with Crippen molar-refractivity contribution in [2.45, 2.75) is 13.3 Å². The van der Waals surface area contributed by atoms with Crippen molar-refractivity contribution < 1.29 is 0 Å². The van der Waals surface area contributed by atoms with Crippen molar-refractivity contribution in [2.75, 3.05) is 41.3 Å². The monoisotopic (exact) mass is 360 g/mol. The van der Waals surface area contributed by atoms with Crippen molar-refractivity contribution in [1.29, 1.82) is 0 Å². The van der Waals surface area contributed by atoms with Crippen molar-refractivity contribution >= 4 is 23.3 Å². The number of nitrogens with one attached hydrogen (secondary N) is 1. The van der Waals surface area contributed by atoms with E-state index in [1.165, 1.54) is 5.56 Å². The minimum absolute atomic E-state index is 0.629. The molecule has 0 spiro atoms. The molecule has 1 aromatic carbocycles. The summed E-state index contributed by atoms with van der Waals surface area (Å²) in [5.41, 5.74) is 2.32. The van der Waals surface area contributed by atoms with Gasteiger partial charge in [-0.1, -0.05) is 25.1 Å². The summed E-state index contributed by atoms with van der Waals surface area (Å²) in [5.74, 6) is 2.62. The van der Waals surface area contributed by atoms with Crippen LogP contribution in [0.3, 0.4) is 0 Å². The first-order chi connectivity index (χ1) is 13.3. The van der Waals surface area contributed by atoms with Crippen LogP contribution < -0.4 is 15.1 Å². The van der Waals surface area contributed by atoms with Gasteiger partial charge >= 0.3 is 0 Å². The molecule has 0 saturated carbocycles. The van der Waals surface area contributed by atoms with E-state index in [1.54, 1.807) is 0 Å². The molecule has 27 heavy (non-hydrogen) atoms. The van der Waals surface area contributed by atoms with E-state index >= 15 is 0 Å². The average molecular weight is 360 g/mol. The van der Waals surface area contributed by atoms with Gasteiger partial charge in [0.15, 0.2) is 0 Å². The van der Waals surface area contributed by atoms with Crippen molar-refractivity contribution in [3.8, 4) is 0 Å². The summed E-state index contributed by atoms with van der Waals surface area (Å²) in [5, 5.41) is 3.30. The molecule has 6 nitrogen and oxygen atoms in total. The Labute approximate surface area is 159 Å². The van der Waals surface area contributed by atoms with E-state index in [4.69, 9.17) is 4.98 Å². The smallest absolute Gasteiger partial charge is 0.229 e. The van der Waals surface area contributed by atoms with Crippen LogP contribution in [0.4, 0.5) is 23.3 Å². The molecule has 1 fully saturated rings. The lowest BCUT2D eigenvalue weighted by molar-refractivity contribution is 0.641. The van der Waals surface area contributed by atoms with Crippen LogP contribution in [0.25, 0.3) is 0 Å². The minimum atomic E-state index is 0.629. The Hall–Kier alpha value is -3.15. The molecule has 2 aromatic heterocycles. The molecule has 3 heterocycles. The first-order valence-electron chi connectivity index (χ1n) is 9.42. The van der Waals surface area contributed by atoms with E-state index in [1.807, 2.05) is 30.6 Å². The first kappa shape index (κ1) is 17.3. The van der Waals surface area contributed by atoms with Gasteiger partial charge in [-0.3, -0.25) is 0 Å². The van der Waals surface area contributed by atoms with Gasteiger partial charge < -0.3 is 15.1 Å². The lowest BCUT2D eigenvalue weighted by Gasteiger charge is -2.36. The summed E-state index contributed by atoms with van der Waals surface area (Å²) in [7, 11) is 0. The fourth-order valence-corrected chi connectivity index (χ4v) is 3.24. The van der Waals surface area contributed by atoms with Crippen LogP contribution in [0, 0.1) is 0 Å². The summed E-state index contributed by atoms with van der Waals surface area (Å²) < 4.78 is 0. The van der Waals surface area contributed by atoms with E-state index < -0.39 is 0 Å². The van der Waals surface area contributed by atoms with E-state index in [0.29, 0.717) is 5.95 Å². The van der Waals surface area contributed by atoms with Crippen molar-refractivity contribution in [2.24, 2.45) is 0 Å². The topological polar surface area (TPSA) is 57.2 Å². The van der Waals surface area contributed by atoms with Crippen LogP contribution in [0.5, 0.6) is 0 Å². The second-order valence-corrected chi connectivity index (χ2v) is 6.58. The maximum Gasteiger partial charge on any atom is 0.229 e. The fourth-order valence-electron chi connectivity index (χ4n) is 3.24. The number of benzene rings is 1. The van der Waals surface area contributed by atoms with Gasteiger partial charge in [-0.25, -0.2) is 9.97 Å². The molecule has 6 heteroatoms. The second kappa shape index (κ2) is 8.03. The molecular weight excluding hydrogens is 336 g/mol. The second-order valence-electron chi connectivity index (χ2n) is 6.58. The molecule has 1 N–H and O–H groups in total. The van der Waals surface area contributed by atoms with Crippen LogP contribution in [-0.2, 0) is 6.42 Å². The van der Waals surface area contributed by atoms with Crippen LogP contribution in [0.1, 0.15) is 12.5 Å². The molecule has 0 aliphatic carbocycles. The van der Waals surface area contributed by atoms with Gasteiger partial charge in [0.1, 0.15) is 11.6 Å². The van der Waals surface area contributed by atoms with Crippen LogP contribution in [0.2, 0.25) is 0 Å². The van der Waals surface area contributed by atoms with Crippen molar-refractivity contribution in [1.82, 2.24) is 15.0 Å². The number of hydrogen-bond donors (Lipinski definition) is 1. The maximum absolute atomic E-state index is 4.70. The fraction of sp³-hybridized carbons (Fsp3) is 0.286. The third kappa shape index (κ3) is 4.16. The predicted molar refractivity (Wildman–Crippen MR) is 110 cm³/mol. The zero-order valence-electron chi connectivity index (χ0n) is 15.5. The molecule has 0 amide bonds. The maximum atomic E-state index is 4.70. The van der Waals surface area contributed by atoms with E-state index in [2.05, 4.69) is 62.3 Å². The number of hydrogen-bond acceptors (Lipinski definition) is 6. The third-order valence-corrected chi connectivity index (χ3v) is 4.84. The molecule has 4 rings (SSSR count). The summed E-state index contributed by atoms with van der Waals surface area (Å²) in [6, 6.07) is 16.4. The molecule has 0 unspecified atom stereocenters. The standard InChI is InChI=1S/C21H24N6/c1-2-17-6-8-18(9-7-17)24-21-23-12-10-20(25-21)27-15-13-26(14-16-27)19-5-3-4-11-22-19/h3-12H,2,13-16H2,1H3,(H,23,24,25). The predicted octanol–water partition coefficient (Wildman–Crippen LogP) is 3.50. The van der Waals surface area contributed by atoms with E-state index in [-0.39, 0.29) is 0 Å². The number of rotatable bonds is 5. The highest BCUT2D eigenvalue weighted by Crippen LogP contribution is 2.20. The zero-order valence-corrected chi connectivity index (χ0v) is 15.5. The number of pyridine rings is 1. The Morgan fingerprint density at radius 3 is 2.22 bits per heavy atom. The Kier molecular flexibility index (Phi) is 5.14. The minimum Gasteiger partial charge on any atom is -0.353 e. The summed E-state index contributed by atoms with van der Waals surface area (Å²) >= 11 is 0. The van der Waals surface area contributed by atoms with Crippen molar-refractivity contribution in [3.05, 3.63) is 66.5 Å². The van der Waals surface area contributed by atoms with Gasteiger partial charge in [-0.05, 0) is 42.3 Å². The quantitative estimate of drug-likeness (QED) is 0.751. The van der Waals surface area contributed by atoms with E-state index in [9.17, 15) is 0 Å². The molecular formula is C21H24N6. The zero-order chi connectivity index (χ0) is 18.5. The molecule has 138 valence electrons. The highest BCUT2D eigenvalue weighted by molar-refractivity contribution is 5.55. The third-order valence-electron chi connectivity index (χ3n) is 4.84.